The highest BCUT2D eigenvalue weighted by Gasteiger charge is 2.30. The Hall–Kier alpha value is -2.72. The number of fused-ring (bicyclic) bond motifs is 3. The first-order valence-electron chi connectivity index (χ1n) is 8.40. The van der Waals surface area contributed by atoms with Crippen molar-refractivity contribution in [3.63, 3.8) is 0 Å². The summed E-state index contributed by atoms with van der Waals surface area (Å²) in [7, 11) is 0. The van der Waals surface area contributed by atoms with Gasteiger partial charge in [0.15, 0.2) is 5.69 Å². The van der Waals surface area contributed by atoms with Crippen molar-refractivity contribution in [1.82, 2.24) is 15.2 Å². The number of para-hydroxylation sites is 1. The molecule has 0 spiro atoms. The third kappa shape index (κ3) is 3.52. The summed E-state index contributed by atoms with van der Waals surface area (Å²) in [5.74, 6) is 1.06. The van der Waals surface area contributed by atoms with Crippen LogP contribution < -0.4 is 10.1 Å². The first-order valence-corrected chi connectivity index (χ1v) is 10.2. The van der Waals surface area contributed by atoms with Crippen molar-refractivity contribution in [2.24, 2.45) is 0 Å². The lowest BCUT2D eigenvalue weighted by atomic mass is 10.1. The predicted octanol–water partition coefficient (Wildman–Crippen LogP) is 4.82. The molecule has 4 rings (SSSR count). The zero-order chi connectivity index (χ0) is 19.7. The SMILES string of the molecule is CCSc1nnc2c(n1)O[C@@H](c1ccccc1[N+](=O)[O-])Nc1ccc(Br)cc1-2. The maximum Gasteiger partial charge on any atom is 0.278 e. The maximum absolute atomic E-state index is 11.5. The first-order chi connectivity index (χ1) is 13.6. The van der Waals surface area contributed by atoms with E-state index in [9.17, 15) is 10.1 Å². The van der Waals surface area contributed by atoms with Crippen LogP contribution in [0.15, 0.2) is 52.1 Å². The number of halogens is 1. The molecule has 3 aromatic rings. The number of benzene rings is 2. The Bertz CT molecular complexity index is 1070. The van der Waals surface area contributed by atoms with Gasteiger partial charge in [-0.1, -0.05) is 46.7 Å². The van der Waals surface area contributed by atoms with Crippen molar-refractivity contribution in [3.8, 4) is 17.1 Å². The summed E-state index contributed by atoms with van der Waals surface area (Å²) in [6.45, 7) is 1.99. The van der Waals surface area contributed by atoms with E-state index in [1.165, 1.54) is 17.8 Å². The van der Waals surface area contributed by atoms with E-state index in [0.717, 1.165) is 21.5 Å². The second kappa shape index (κ2) is 7.72. The van der Waals surface area contributed by atoms with Gasteiger partial charge in [0, 0.05) is 21.8 Å². The Morgan fingerprint density at radius 2 is 2.11 bits per heavy atom. The van der Waals surface area contributed by atoms with E-state index in [1.807, 2.05) is 25.1 Å². The molecule has 1 N–H and O–H groups in total. The summed E-state index contributed by atoms with van der Waals surface area (Å²) in [6, 6.07) is 12.1. The molecule has 2 aromatic carbocycles. The topological polar surface area (TPSA) is 103 Å². The molecule has 1 atom stereocenters. The molecule has 0 radical (unpaired) electrons. The molecule has 0 amide bonds. The van der Waals surface area contributed by atoms with Gasteiger partial charge in [-0.05, 0) is 30.0 Å². The molecule has 10 heteroatoms. The summed E-state index contributed by atoms with van der Waals surface area (Å²) in [4.78, 5) is 15.6. The normalized spacial score (nSPS) is 14.9. The van der Waals surface area contributed by atoms with Crippen molar-refractivity contribution in [2.75, 3.05) is 11.1 Å². The monoisotopic (exact) mass is 459 g/mol. The van der Waals surface area contributed by atoms with Crippen molar-refractivity contribution in [1.29, 1.82) is 0 Å². The molecule has 28 heavy (non-hydrogen) atoms. The Labute approximate surface area is 173 Å². The van der Waals surface area contributed by atoms with E-state index in [2.05, 4.69) is 36.4 Å². The van der Waals surface area contributed by atoms with Gasteiger partial charge in [-0.25, -0.2) is 0 Å². The standard InChI is InChI=1S/C18H14BrN5O3S/c1-2-28-18-21-17-15(22-23-18)12-9-10(19)7-8-13(12)20-16(27-17)11-5-3-4-6-14(11)24(25)26/h3-9,16,20H,2H2,1H3/t16-/m0/s1. The second-order valence-electron chi connectivity index (χ2n) is 5.83. The number of hydrogen-bond donors (Lipinski definition) is 1. The van der Waals surface area contributed by atoms with Gasteiger partial charge < -0.3 is 10.1 Å². The molecule has 0 saturated heterocycles. The van der Waals surface area contributed by atoms with Crippen LogP contribution in [0.25, 0.3) is 11.3 Å². The van der Waals surface area contributed by atoms with E-state index in [1.54, 1.807) is 18.2 Å². The molecule has 0 unspecified atom stereocenters. The molecule has 142 valence electrons. The molecule has 0 aliphatic carbocycles. The Morgan fingerprint density at radius 1 is 1.29 bits per heavy atom. The number of aromatic nitrogens is 3. The summed E-state index contributed by atoms with van der Waals surface area (Å²) in [5, 5.41) is 23.7. The smallest absolute Gasteiger partial charge is 0.278 e. The fraction of sp³-hybridized carbons (Fsp3) is 0.167. The second-order valence-corrected chi connectivity index (χ2v) is 7.98. The molecule has 2 heterocycles. The van der Waals surface area contributed by atoms with Crippen LogP contribution in [0.4, 0.5) is 11.4 Å². The van der Waals surface area contributed by atoms with Gasteiger partial charge >= 0.3 is 0 Å². The summed E-state index contributed by atoms with van der Waals surface area (Å²) in [5.41, 5.74) is 2.31. The van der Waals surface area contributed by atoms with Gasteiger partial charge in [0.1, 0.15) is 0 Å². The summed E-state index contributed by atoms with van der Waals surface area (Å²) in [6.07, 6.45) is -0.807. The van der Waals surface area contributed by atoms with Crippen LogP contribution in [0.5, 0.6) is 5.88 Å². The number of rotatable bonds is 4. The summed E-state index contributed by atoms with van der Waals surface area (Å²) < 4.78 is 6.94. The van der Waals surface area contributed by atoms with Gasteiger partial charge in [0.05, 0.1) is 10.5 Å². The van der Waals surface area contributed by atoms with Crippen LogP contribution in [0.1, 0.15) is 18.7 Å². The van der Waals surface area contributed by atoms with Crippen LogP contribution in [-0.4, -0.2) is 25.9 Å². The fourth-order valence-corrected chi connectivity index (χ4v) is 3.74. The number of thioether (sulfide) groups is 1. The fourth-order valence-electron chi connectivity index (χ4n) is 2.88. The Morgan fingerprint density at radius 3 is 2.89 bits per heavy atom. The first kappa shape index (κ1) is 18.6. The average Bonchev–Trinajstić information content (AvgIpc) is 2.84. The van der Waals surface area contributed by atoms with E-state index >= 15 is 0 Å². The highest BCUT2D eigenvalue weighted by Crippen LogP contribution is 2.42. The minimum absolute atomic E-state index is 0.0349. The third-order valence-corrected chi connectivity index (χ3v) is 5.29. The van der Waals surface area contributed by atoms with Gasteiger partial charge in [0.2, 0.25) is 17.3 Å². The van der Waals surface area contributed by atoms with Gasteiger partial charge in [-0.3, -0.25) is 10.1 Å². The molecular formula is C18H14BrN5O3S. The zero-order valence-electron chi connectivity index (χ0n) is 14.6. The lowest BCUT2D eigenvalue weighted by molar-refractivity contribution is -0.386. The number of nitrogens with zero attached hydrogens (tertiary/aromatic N) is 4. The highest BCUT2D eigenvalue weighted by atomic mass is 79.9. The van der Waals surface area contributed by atoms with E-state index in [-0.39, 0.29) is 11.6 Å². The molecule has 1 aliphatic heterocycles. The van der Waals surface area contributed by atoms with Crippen molar-refractivity contribution < 1.29 is 9.66 Å². The van der Waals surface area contributed by atoms with Crippen molar-refractivity contribution in [3.05, 3.63) is 62.6 Å². The van der Waals surface area contributed by atoms with Gasteiger partial charge in [0.25, 0.3) is 5.69 Å². The van der Waals surface area contributed by atoms with Gasteiger partial charge in [-0.2, -0.15) is 4.98 Å². The number of nitrogens with one attached hydrogen (secondary N) is 1. The molecular weight excluding hydrogens is 446 g/mol. The van der Waals surface area contributed by atoms with E-state index in [4.69, 9.17) is 4.74 Å². The van der Waals surface area contributed by atoms with Crippen LogP contribution >= 0.6 is 27.7 Å². The molecule has 1 aromatic heterocycles. The van der Waals surface area contributed by atoms with Crippen molar-refractivity contribution >= 4 is 39.1 Å². The lowest BCUT2D eigenvalue weighted by Gasteiger charge is -2.19. The number of anilines is 1. The van der Waals surface area contributed by atoms with Crippen molar-refractivity contribution in [2.45, 2.75) is 18.3 Å². The van der Waals surface area contributed by atoms with Crippen LogP contribution in [0.2, 0.25) is 0 Å². The highest BCUT2D eigenvalue weighted by molar-refractivity contribution is 9.10. The van der Waals surface area contributed by atoms with Gasteiger partial charge in [-0.15, -0.1) is 10.2 Å². The largest absolute Gasteiger partial charge is 0.447 e. The number of ether oxygens (including phenoxy) is 1. The van der Waals surface area contributed by atoms with Crippen LogP contribution in [0, 0.1) is 10.1 Å². The number of nitro groups is 1. The van der Waals surface area contributed by atoms with Crippen LogP contribution in [0.3, 0.4) is 0 Å². The average molecular weight is 460 g/mol. The zero-order valence-corrected chi connectivity index (χ0v) is 17.0. The minimum Gasteiger partial charge on any atom is -0.447 e. The predicted molar refractivity (Wildman–Crippen MR) is 109 cm³/mol. The quantitative estimate of drug-likeness (QED) is 0.336. The number of nitro benzene ring substituents is 1. The van der Waals surface area contributed by atoms with E-state index in [0.29, 0.717) is 16.4 Å². The Kier molecular flexibility index (Phi) is 5.14. The third-order valence-electron chi connectivity index (χ3n) is 4.08. The molecule has 1 aliphatic rings. The minimum atomic E-state index is -0.807. The Balaban J connectivity index is 1.88. The lowest BCUT2D eigenvalue weighted by Crippen LogP contribution is -2.18. The van der Waals surface area contributed by atoms with Crippen LogP contribution in [-0.2, 0) is 0 Å². The maximum atomic E-state index is 11.5. The summed E-state index contributed by atoms with van der Waals surface area (Å²) >= 11 is 4.91. The molecule has 0 bridgehead atoms. The molecule has 8 nitrogen and oxygen atoms in total. The van der Waals surface area contributed by atoms with E-state index < -0.39 is 11.2 Å². The molecule has 0 fully saturated rings. The number of hydrogen-bond acceptors (Lipinski definition) is 8. The molecule has 0 saturated carbocycles.